The number of aromatic carboxylic acids is 1. The van der Waals surface area contributed by atoms with Crippen LogP contribution >= 0.6 is 11.3 Å². The minimum absolute atomic E-state index is 0.519. The van der Waals surface area contributed by atoms with Gasteiger partial charge in [0.2, 0.25) is 0 Å². The molecule has 2 heterocycles. The van der Waals surface area contributed by atoms with E-state index in [1.807, 2.05) is 11.4 Å². The first-order valence-corrected chi connectivity index (χ1v) is 8.14. The molecule has 19 heavy (non-hydrogen) atoms. The molecule has 0 bridgehead atoms. The molecular weight excluding hydrogens is 258 g/mol. The molecule has 1 aromatic heterocycles. The summed E-state index contributed by atoms with van der Waals surface area (Å²) >= 11 is 1.34. The first-order valence-electron chi connectivity index (χ1n) is 7.26. The molecule has 3 nitrogen and oxygen atoms in total. The Bertz CT molecular complexity index is 457. The number of nitrogens with zero attached hydrogens (tertiary/aromatic N) is 1. The maximum atomic E-state index is 11.1. The number of carbonyl (C=O) groups is 1. The van der Waals surface area contributed by atoms with E-state index in [4.69, 9.17) is 5.11 Å². The molecule has 1 aliphatic heterocycles. The van der Waals surface area contributed by atoms with E-state index >= 15 is 0 Å². The van der Waals surface area contributed by atoms with E-state index in [1.54, 1.807) is 0 Å². The molecule has 1 N–H and O–H groups in total. The third kappa shape index (κ3) is 2.84. The van der Waals surface area contributed by atoms with E-state index in [-0.39, 0.29) is 0 Å². The number of hydrogen-bond donors (Lipinski definition) is 1. The standard InChI is InChI=1S/C15H21NO2S/c17-15(18)14-13(6-8-19-14)10-16-7-5-11-3-1-2-4-12(11)9-16/h6,8,11-12H,1-5,7,9-10H2,(H,17,18). The molecule has 0 aromatic carbocycles. The Morgan fingerprint density at radius 1 is 1.32 bits per heavy atom. The van der Waals surface area contributed by atoms with E-state index in [9.17, 15) is 4.79 Å². The van der Waals surface area contributed by atoms with Crippen LogP contribution in [0.3, 0.4) is 0 Å². The fourth-order valence-corrected chi connectivity index (χ4v) is 4.46. The molecule has 1 saturated carbocycles. The van der Waals surface area contributed by atoms with Crippen LogP contribution in [0, 0.1) is 11.8 Å². The summed E-state index contributed by atoms with van der Waals surface area (Å²) in [4.78, 5) is 14.1. The van der Waals surface area contributed by atoms with Crippen LogP contribution < -0.4 is 0 Å². The Kier molecular flexibility index (Phi) is 3.89. The Hall–Kier alpha value is -0.870. The molecular formula is C15H21NO2S. The van der Waals surface area contributed by atoms with Gasteiger partial charge >= 0.3 is 5.97 Å². The lowest BCUT2D eigenvalue weighted by Gasteiger charge is -2.41. The van der Waals surface area contributed by atoms with Gasteiger partial charge in [-0.15, -0.1) is 11.3 Å². The second kappa shape index (κ2) is 5.63. The van der Waals surface area contributed by atoms with Crippen LogP contribution in [0.5, 0.6) is 0 Å². The molecule has 1 aromatic rings. The summed E-state index contributed by atoms with van der Waals surface area (Å²) in [5.74, 6) is 1.01. The summed E-state index contributed by atoms with van der Waals surface area (Å²) < 4.78 is 0. The molecule has 2 fully saturated rings. The van der Waals surface area contributed by atoms with Crippen LogP contribution in [-0.4, -0.2) is 29.1 Å². The van der Waals surface area contributed by atoms with E-state index in [0.717, 1.165) is 30.5 Å². The third-order valence-electron chi connectivity index (χ3n) is 4.71. The summed E-state index contributed by atoms with van der Waals surface area (Å²) in [5, 5.41) is 11.1. The van der Waals surface area contributed by atoms with E-state index in [1.165, 1.54) is 50.0 Å². The van der Waals surface area contributed by atoms with Gasteiger partial charge < -0.3 is 5.11 Å². The summed E-state index contributed by atoms with van der Waals surface area (Å²) in [5.41, 5.74) is 0.992. The quantitative estimate of drug-likeness (QED) is 0.921. The minimum atomic E-state index is -0.780. The van der Waals surface area contributed by atoms with Crippen LogP contribution in [0.1, 0.15) is 47.3 Å². The molecule has 2 aliphatic rings. The van der Waals surface area contributed by atoms with Crippen LogP contribution in [0.2, 0.25) is 0 Å². The molecule has 1 saturated heterocycles. The highest BCUT2D eigenvalue weighted by Crippen LogP contribution is 2.36. The number of carboxylic acids is 1. The Morgan fingerprint density at radius 2 is 2.11 bits per heavy atom. The van der Waals surface area contributed by atoms with Gasteiger partial charge in [0.15, 0.2) is 0 Å². The lowest BCUT2D eigenvalue weighted by molar-refractivity contribution is 0.0691. The van der Waals surface area contributed by atoms with Crippen molar-refractivity contribution in [2.45, 2.75) is 38.6 Å². The zero-order valence-corrected chi connectivity index (χ0v) is 12.0. The van der Waals surface area contributed by atoms with Gasteiger partial charge in [-0.1, -0.05) is 19.3 Å². The average Bonchev–Trinajstić information content (AvgIpc) is 2.87. The normalized spacial score (nSPS) is 28.0. The van der Waals surface area contributed by atoms with Crippen molar-refractivity contribution >= 4 is 17.3 Å². The molecule has 0 amide bonds. The topological polar surface area (TPSA) is 40.5 Å². The molecule has 104 valence electrons. The predicted molar refractivity (Wildman–Crippen MR) is 76.6 cm³/mol. The molecule has 0 spiro atoms. The lowest BCUT2D eigenvalue weighted by Crippen LogP contribution is -2.41. The van der Waals surface area contributed by atoms with E-state index in [0.29, 0.717) is 4.88 Å². The summed E-state index contributed by atoms with van der Waals surface area (Å²) in [6.07, 6.45) is 6.88. The number of likely N-dealkylation sites (tertiary alicyclic amines) is 1. The van der Waals surface area contributed by atoms with Crippen LogP contribution in [0.4, 0.5) is 0 Å². The highest BCUT2D eigenvalue weighted by Gasteiger charge is 2.31. The third-order valence-corrected chi connectivity index (χ3v) is 5.65. The van der Waals surface area contributed by atoms with Crippen molar-refractivity contribution in [3.05, 3.63) is 21.9 Å². The highest BCUT2D eigenvalue weighted by molar-refractivity contribution is 7.12. The van der Waals surface area contributed by atoms with Crippen molar-refractivity contribution in [3.63, 3.8) is 0 Å². The zero-order chi connectivity index (χ0) is 13.2. The van der Waals surface area contributed by atoms with Crippen LogP contribution in [0.15, 0.2) is 11.4 Å². The van der Waals surface area contributed by atoms with Crippen molar-refractivity contribution in [1.82, 2.24) is 4.90 Å². The summed E-state index contributed by atoms with van der Waals surface area (Å²) in [7, 11) is 0. The van der Waals surface area contributed by atoms with Gasteiger partial charge in [-0.25, -0.2) is 4.79 Å². The number of fused-ring (bicyclic) bond motifs is 1. The first kappa shape index (κ1) is 13.1. The van der Waals surface area contributed by atoms with Crippen molar-refractivity contribution in [2.24, 2.45) is 11.8 Å². The molecule has 1 aliphatic carbocycles. The number of thiophene rings is 1. The SMILES string of the molecule is O=C(O)c1sccc1CN1CCC2CCCCC2C1. The zero-order valence-electron chi connectivity index (χ0n) is 11.2. The fraction of sp³-hybridized carbons (Fsp3) is 0.667. The van der Waals surface area contributed by atoms with Crippen molar-refractivity contribution in [1.29, 1.82) is 0 Å². The van der Waals surface area contributed by atoms with Crippen molar-refractivity contribution < 1.29 is 9.90 Å². The molecule has 0 radical (unpaired) electrons. The smallest absolute Gasteiger partial charge is 0.346 e. The van der Waals surface area contributed by atoms with Gasteiger partial charge in [0.05, 0.1) is 0 Å². The number of hydrogen-bond acceptors (Lipinski definition) is 3. The van der Waals surface area contributed by atoms with Gasteiger partial charge in [0.1, 0.15) is 4.88 Å². The van der Waals surface area contributed by atoms with E-state index < -0.39 is 5.97 Å². The number of carboxylic acid groups (broad SMARTS) is 1. The maximum Gasteiger partial charge on any atom is 0.346 e. The molecule has 4 heteroatoms. The van der Waals surface area contributed by atoms with Gasteiger partial charge in [-0.05, 0) is 48.2 Å². The van der Waals surface area contributed by atoms with Crippen molar-refractivity contribution in [3.8, 4) is 0 Å². The second-order valence-electron chi connectivity index (χ2n) is 5.91. The Balaban J connectivity index is 1.64. The molecule has 2 unspecified atom stereocenters. The summed E-state index contributed by atoms with van der Waals surface area (Å²) in [6, 6.07) is 1.97. The predicted octanol–water partition coefficient (Wildman–Crippen LogP) is 3.46. The first-order chi connectivity index (χ1) is 9.24. The van der Waals surface area contributed by atoms with Crippen molar-refractivity contribution in [2.75, 3.05) is 13.1 Å². The number of piperidine rings is 1. The number of rotatable bonds is 3. The Morgan fingerprint density at radius 3 is 2.89 bits per heavy atom. The van der Waals surface area contributed by atoms with E-state index in [2.05, 4.69) is 4.90 Å². The average molecular weight is 279 g/mol. The van der Waals surface area contributed by atoms with Gasteiger partial charge in [0, 0.05) is 13.1 Å². The Labute approximate surface area is 118 Å². The second-order valence-corrected chi connectivity index (χ2v) is 6.82. The fourth-order valence-electron chi connectivity index (χ4n) is 3.71. The van der Waals surface area contributed by atoms with Crippen LogP contribution in [-0.2, 0) is 6.54 Å². The minimum Gasteiger partial charge on any atom is -0.477 e. The molecule has 3 rings (SSSR count). The highest BCUT2D eigenvalue weighted by atomic mass is 32.1. The monoisotopic (exact) mass is 279 g/mol. The lowest BCUT2D eigenvalue weighted by atomic mass is 9.75. The largest absolute Gasteiger partial charge is 0.477 e. The van der Waals surface area contributed by atoms with Gasteiger partial charge in [0.25, 0.3) is 0 Å². The maximum absolute atomic E-state index is 11.1. The molecule has 2 atom stereocenters. The van der Waals surface area contributed by atoms with Gasteiger partial charge in [-0.2, -0.15) is 0 Å². The van der Waals surface area contributed by atoms with Crippen LogP contribution in [0.25, 0.3) is 0 Å². The summed E-state index contributed by atoms with van der Waals surface area (Å²) in [6.45, 7) is 3.12. The van der Waals surface area contributed by atoms with Gasteiger partial charge in [-0.3, -0.25) is 4.90 Å².